The first-order valence-electron chi connectivity index (χ1n) is 5.88. The van der Waals surface area contributed by atoms with Crippen molar-refractivity contribution in [3.05, 3.63) is 28.2 Å². The predicted octanol–water partition coefficient (Wildman–Crippen LogP) is 2.59. The third kappa shape index (κ3) is 4.31. The van der Waals surface area contributed by atoms with Crippen molar-refractivity contribution < 1.29 is 4.74 Å². The summed E-state index contributed by atoms with van der Waals surface area (Å²) in [5.74, 6) is 0.0769. The molecule has 3 N–H and O–H groups in total. The Morgan fingerprint density at radius 3 is 2.67 bits per heavy atom. The zero-order valence-electron chi connectivity index (χ0n) is 11.0. The van der Waals surface area contributed by atoms with E-state index in [2.05, 4.69) is 20.8 Å². The van der Waals surface area contributed by atoms with Crippen LogP contribution in [0.4, 0.5) is 5.69 Å². The molecule has 0 unspecified atom stereocenters. The van der Waals surface area contributed by atoms with E-state index in [-0.39, 0.29) is 11.9 Å². The highest BCUT2D eigenvalue weighted by atomic mass is 79.9. The molecule has 18 heavy (non-hydrogen) atoms. The molecular formula is C13H20BrN3O. The molecule has 0 spiro atoms. The molecular weight excluding hydrogens is 294 g/mol. The first-order chi connectivity index (χ1) is 8.41. The standard InChI is InChI=1S/C13H20BrN3O/c1-9(2)18-7-6-17(3)12-5-4-10(13(15)16)8-11(12)14/h4-5,8-9H,6-7H2,1-3H3,(H3,15,16). The van der Waals surface area contributed by atoms with Gasteiger partial charge >= 0.3 is 0 Å². The molecule has 1 rings (SSSR count). The van der Waals surface area contributed by atoms with Crippen LogP contribution in [0.25, 0.3) is 0 Å². The Kier molecular flexibility index (Phi) is 5.62. The highest BCUT2D eigenvalue weighted by Gasteiger charge is 2.08. The SMILES string of the molecule is CC(C)OCCN(C)c1ccc(C(=N)N)cc1Br. The van der Waals surface area contributed by atoms with E-state index in [1.165, 1.54) is 0 Å². The van der Waals surface area contributed by atoms with Crippen molar-refractivity contribution in [2.45, 2.75) is 20.0 Å². The van der Waals surface area contributed by atoms with Gasteiger partial charge in [0.2, 0.25) is 0 Å². The fraction of sp³-hybridized carbons (Fsp3) is 0.462. The highest BCUT2D eigenvalue weighted by Crippen LogP contribution is 2.26. The van der Waals surface area contributed by atoms with E-state index < -0.39 is 0 Å². The van der Waals surface area contributed by atoms with Gasteiger partial charge in [-0.25, -0.2) is 0 Å². The third-order valence-corrected chi connectivity index (χ3v) is 3.18. The minimum absolute atomic E-state index is 0.0769. The molecule has 0 saturated heterocycles. The van der Waals surface area contributed by atoms with Gasteiger partial charge in [-0.1, -0.05) is 0 Å². The number of likely N-dealkylation sites (N-methyl/N-ethyl adjacent to an activating group) is 1. The molecule has 0 amide bonds. The van der Waals surface area contributed by atoms with E-state index in [4.69, 9.17) is 15.9 Å². The number of nitrogens with two attached hydrogens (primary N) is 1. The molecule has 1 aromatic rings. The van der Waals surface area contributed by atoms with Crippen molar-refractivity contribution in [3.63, 3.8) is 0 Å². The fourth-order valence-corrected chi connectivity index (χ4v) is 2.21. The summed E-state index contributed by atoms with van der Waals surface area (Å²) in [6.07, 6.45) is 0.252. The number of nitrogens with one attached hydrogen (secondary N) is 1. The van der Waals surface area contributed by atoms with Crippen molar-refractivity contribution in [1.29, 1.82) is 5.41 Å². The molecule has 0 bridgehead atoms. The molecule has 0 fully saturated rings. The van der Waals surface area contributed by atoms with Crippen LogP contribution in [0.15, 0.2) is 22.7 Å². The zero-order chi connectivity index (χ0) is 13.7. The monoisotopic (exact) mass is 313 g/mol. The van der Waals surface area contributed by atoms with E-state index in [0.717, 1.165) is 22.3 Å². The van der Waals surface area contributed by atoms with Gasteiger partial charge in [-0.3, -0.25) is 5.41 Å². The Labute approximate surface area is 117 Å². The Morgan fingerprint density at radius 1 is 1.50 bits per heavy atom. The summed E-state index contributed by atoms with van der Waals surface area (Å²) < 4.78 is 6.46. The van der Waals surface area contributed by atoms with Gasteiger partial charge in [0.25, 0.3) is 0 Å². The smallest absolute Gasteiger partial charge is 0.122 e. The number of ether oxygens (including phenoxy) is 1. The molecule has 0 aliphatic heterocycles. The summed E-state index contributed by atoms with van der Waals surface area (Å²) in [5.41, 5.74) is 7.23. The lowest BCUT2D eigenvalue weighted by molar-refractivity contribution is 0.0846. The maximum Gasteiger partial charge on any atom is 0.122 e. The molecule has 0 aliphatic carbocycles. The van der Waals surface area contributed by atoms with E-state index in [9.17, 15) is 0 Å². The van der Waals surface area contributed by atoms with E-state index in [1.54, 1.807) is 0 Å². The normalized spacial score (nSPS) is 10.7. The fourth-order valence-electron chi connectivity index (χ4n) is 1.53. The van der Waals surface area contributed by atoms with Crippen molar-refractivity contribution in [3.8, 4) is 0 Å². The van der Waals surface area contributed by atoms with Crippen LogP contribution in [-0.4, -0.2) is 32.1 Å². The van der Waals surface area contributed by atoms with Crippen molar-refractivity contribution >= 4 is 27.5 Å². The summed E-state index contributed by atoms with van der Waals surface area (Å²) in [6.45, 7) is 5.56. The average Bonchev–Trinajstić information content (AvgIpc) is 2.27. The largest absolute Gasteiger partial charge is 0.384 e. The minimum Gasteiger partial charge on any atom is -0.384 e. The van der Waals surface area contributed by atoms with Gasteiger partial charge < -0.3 is 15.4 Å². The first-order valence-corrected chi connectivity index (χ1v) is 6.67. The molecule has 0 aromatic heterocycles. The quantitative estimate of drug-likeness (QED) is 0.627. The number of halogens is 1. The predicted molar refractivity (Wildman–Crippen MR) is 79.5 cm³/mol. The first kappa shape index (κ1) is 15.0. The Hall–Kier alpha value is -1.07. The van der Waals surface area contributed by atoms with Gasteiger partial charge in [0.05, 0.1) is 18.4 Å². The molecule has 0 saturated carbocycles. The number of nitrogen functional groups attached to an aromatic ring is 1. The van der Waals surface area contributed by atoms with Crippen LogP contribution in [0.3, 0.4) is 0 Å². The van der Waals surface area contributed by atoms with Crippen LogP contribution < -0.4 is 10.6 Å². The molecule has 1 aromatic carbocycles. The van der Waals surface area contributed by atoms with Crippen LogP contribution in [-0.2, 0) is 4.74 Å². The summed E-state index contributed by atoms with van der Waals surface area (Å²) in [4.78, 5) is 2.11. The van der Waals surface area contributed by atoms with Gasteiger partial charge in [0, 0.05) is 23.6 Å². The lowest BCUT2D eigenvalue weighted by Gasteiger charge is -2.21. The number of amidine groups is 1. The number of rotatable bonds is 6. The zero-order valence-corrected chi connectivity index (χ0v) is 12.6. The topological polar surface area (TPSA) is 62.3 Å². The average molecular weight is 314 g/mol. The van der Waals surface area contributed by atoms with E-state index in [0.29, 0.717) is 6.61 Å². The molecule has 4 nitrogen and oxygen atoms in total. The molecule has 100 valence electrons. The van der Waals surface area contributed by atoms with Gasteiger partial charge in [-0.15, -0.1) is 0 Å². The minimum atomic E-state index is 0.0769. The summed E-state index contributed by atoms with van der Waals surface area (Å²) >= 11 is 3.50. The molecule has 0 heterocycles. The van der Waals surface area contributed by atoms with Gasteiger partial charge in [0.15, 0.2) is 0 Å². The third-order valence-electron chi connectivity index (χ3n) is 2.55. The van der Waals surface area contributed by atoms with Gasteiger partial charge in [0.1, 0.15) is 5.84 Å². The van der Waals surface area contributed by atoms with E-state index in [1.807, 2.05) is 39.1 Å². The molecule has 0 atom stereocenters. The number of nitrogens with zero attached hydrogens (tertiary/aromatic N) is 1. The molecule has 5 heteroatoms. The highest BCUT2D eigenvalue weighted by molar-refractivity contribution is 9.10. The van der Waals surface area contributed by atoms with Crippen LogP contribution in [0.5, 0.6) is 0 Å². The van der Waals surface area contributed by atoms with Crippen LogP contribution in [0.2, 0.25) is 0 Å². The lowest BCUT2D eigenvalue weighted by Crippen LogP contribution is -2.24. The van der Waals surface area contributed by atoms with Crippen LogP contribution in [0.1, 0.15) is 19.4 Å². The second kappa shape index (κ2) is 6.75. The number of anilines is 1. The van der Waals surface area contributed by atoms with Crippen molar-refractivity contribution in [2.75, 3.05) is 25.1 Å². The number of hydrogen-bond donors (Lipinski definition) is 2. The number of hydrogen-bond acceptors (Lipinski definition) is 3. The summed E-state index contributed by atoms with van der Waals surface area (Å²) in [5, 5.41) is 7.39. The number of benzene rings is 1. The second-order valence-corrected chi connectivity index (χ2v) is 5.28. The summed E-state index contributed by atoms with van der Waals surface area (Å²) in [7, 11) is 2.01. The van der Waals surface area contributed by atoms with E-state index >= 15 is 0 Å². The van der Waals surface area contributed by atoms with Gasteiger partial charge in [-0.05, 0) is 48.0 Å². The van der Waals surface area contributed by atoms with Crippen LogP contribution >= 0.6 is 15.9 Å². The molecule has 0 aliphatic rings. The Bertz CT molecular complexity index is 421. The molecule has 0 radical (unpaired) electrons. The second-order valence-electron chi connectivity index (χ2n) is 4.42. The Morgan fingerprint density at radius 2 is 2.17 bits per heavy atom. The summed E-state index contributed by atoms with van der Waals surface area (Å²) in [6, 6.07) is 5.66. The Balaban J connectivity index is 2.68. The van der Waals surface area contributed by atoms with Crippen LogP contribution in [0, 0.1) is 5.41 Å². The van der Waals surface area contributed by atoms with Crippen molar-refractivity contribution in [1.82, 2.24) is 0 Å². The van der Waals surface area contributed by atoms with Crippen molar-refractivity contribution in [2.24, 2.45) is 5.73 Å². The lowest BCUT2D eigenvalue weighted by atomic mass is 10.2. The maximum atomic E-state index is 7.39. The maximum absolute atomic E-state index is 7.39. The van der Waals surface area contributed by atoms with Gasteiger partial charge in [-0.2, -0.15) is 0 Å².